The summed E-state index contributed by atoms with van der Waals surface area (Å²) in [6, 6.07) is 0. The van der Waals surface area contributed by atoms with Crippen molar-refractivity contribution in [2.45, 2.75) is 116 Å². The largest absolute Gasteiger partial charge is 0.481 e. The molecule has 1 aliphatic heterocycles. The number of nitrogens with zero attached hydrogens (tertiary/aromatic N) is 1. The molecule has 184 valence electrons. The van der Waals surface area contributed by atoms with Gasteiger partial charge in [0.1, 0.15) is 0 Å². The smallest absolute Gasteiger partial charge is 0.303 e. The van der Waals surface area contributed by atoms with Gasteiger partial charge in [0.15, 0.2) is 0 Å². The number of hydrogen-bond donors (Lipinski definition) is 2. The summed E-state index contributed by atoms with van der Waals surface area (Å²) in [5.41, 5.74) is 0. The molecule has 3 amide bonds. The van der Waals surface area contributed by atoms with E-state index in [1.54, 1.807) is 6.92 Å². The van der Waals surface area contributed by atoms with E-state index in [0.717, 1.165) is 38.5 Å². The molecule has 7 heteroatoms. The van der Waals surface area contributed by atoms with E-state index in [9.17, 15) is 19.2 Å². The molecule has 1 unspecified atom stereocenters. The van der Waals surface area contributed by atoms with E-state index in [-0.39, 0.29) is 36.6 Å². The highest BCUT2D eigenvalue weighted by atomic mass is 16.4. The molecule has 0 aromatic rings. The van der Waals surface area contributed by atoms with Crippen molar-refractivity contribution in [3.8, 4) is 0 Å². The highest BCUT2D eigenvalue weighted by Gasteiger charge is 2.34. The molecule has 7 nitrogen and oxygen atoms in total. The van der Waals surface area contributed by atoms with E-state index in [4.69, 9.17) is 5.11 Å². The molecule has 0 saturated carbocycles. The Morgan fingerprint density at radius 2 is 1.25 bits per heavy atom. The number of carbonyl (C=O) groups is 4. The first kappa shape index (κ1) is 28.1. The molecule has 0 aliphatic carbocycles. The molecular weight excluding hydrogens is 408 g/mol. The molecule has 0 radical (unpaired) electrons. The minimum Gasteiger partial charge on any atom is -0.481 e. The topological polar surface area (TPSA) is 104 Å². The molecule has 0 bridgehead atoms. The fourth-order valence-electron chi connectivity index (χ4n) is 4.16. The third kappa shape index (κ3) is 13.5. The van der Waals surface area contributed by atoms with E-state index in [1.165, 1.54) is 56.3 Å². The van der Waals surface area contributed by atoms with Crippen molar-refractivity contribution < 1.29 is 24.3 Å². The van der Waals surface area contributed by atoms with Crippen LogP contribution in [0.1, 0.15) is 116 Å². The van der Waals surface area contributed by atoms with Crippen LogP contribution in [0.15, 0.2) is 0 Å². The summed E-state index contributed by atoms with van der Waals surface area (Å²) >= 11 is 0. The van der Waals surface area contributed by atoms with Crippen LogP contribution in [-0.4, -0.2) is 46.8 Å². The summed E-state index contributed by atoms with van der Waals surface area (Å²) in [6.07, 6.45) is 17.3. The number of amides is 3. The van der Waals surface area contributed by atoms with Crippen molar-refractivity contribution in [2.75, 3.05) is 13.1 Å². The van der Waals surface area contributed by atoms with Crippen molar-refractivity contribution in [3.63, 3.8) is 0 Å². The van der Waals surface area contributed by atoms with Gasteiger partial charge in [0.05, 0.1) is 0 Å². The second-order valence-corrected chi connectivity index (χ2v) is 9.18. The van der Waals surface area contributed by atoms with Crippen LogP contribution in [0.4, 0.5) is 0 Å². The summed E-state index contributed by atoms with van der Waals surface area (Å²) in [5.74, 6) is -1.19. The van der Waals surface area contributed by atoms with E-state index in [2.05, 4.69) is 5.32 Å². The van der Waals surface area contributed by atoms with Crippen LogP contribution in [-0.2, 0) is 19.2 Å². The first-order valence-electron chi connectivity index (χ1n) is 12.7. The van der Waals surface area contributed by atoms with Gasteiger partial charge in [-0.3, -0.25) is 24.1 Å². The number of nitrogens with one attached hydrogen (secondary N) is 1. The van der Waals surface area contributed by atoms with Crippen molar-refractivity contribution in [3.05, 3.63) is 0 Å². The first-order valence-corrected chi connectivity index (χ1v) is 12.7. The predicted octanol–water partition coefficient (Wildman–Crippen LogP) is 4.82. The number of unbranched alkanes of at least 4 members (excludes halogenated alkanes) is 13. The van der Waals surface area contributed by atoms with Crippen LogP contribution in [0.25, 0.3) is 0 Å². The molecule has 1 atom stereocenters. The fourth-order valence-corrected chi connectivity index (χ4v) is 4.16. The maximum absolute atomic E-state index is 11.9. The van der Waals surface area contributed by atoms with E-state index >= 15 is 0 Å². The van der Waals surface area contributed by atoms with Crippen LogP contribution in [0.3, 0.4) is 0 Å². The van der Waals surface area contributed by atoms with Crippen molar-refractivity contribution in [2.24, 2.45) is 5.92 Å². The Morgan fingerprint density at radius 1 is 0.812 bits per heavy atom. The molecule has 1 aliphatic rings. The average Bonchev–Trinajstić information content (AvgIpc) is 2.99. The van der Waals surface area contributed by atoms with Crippen LogP contribution in [0.2, 0.25) is 0 Å². The Labute approximate surface area is 193 Å². The second-order valence-electron chi connectivity index (χ2n) is 9.18. The zero-order valence-electron chi connectivity index (χ0n) is 20.0. The number of imide groups is 1. The van der Waals surface area contributed by atoms with E-state index < -0.39 is 5.97 Å². The lowest BCUT2D eigenvalue weighted by Gasteiger charge is -2.14. The van der Waals surface area contributed by atoms with Gasteiger partial charge >= 0.3 is 5.97 Å². The van der Waals surface area contributed by atoms with E-state index in [1.807, 2.05) is 0 Å². The Balaban J connectivity index is 1.80. The number of aliphatic carboxylic acids is 1. The molecule has 1 rings (SSSR count). The molecule has 32 heavy (non-hydrogen) atoms. The lowest BCUT2D eigenvalue weighted by atomic mass is 10.0. The Morgan fingerprint density at radius 3 is 1.66 bits per heavy atom. The third-order valence-corrected chi connectivity index (χ3v) is 6.17. The number of likely N-dealkylation sites (tertiary alicyclic amines) is 1. The monoisotopic (exact) mass is 452 g/mol. The van der Waals surface area contributed by atoms with Crippen LogP contribution >= 0.6 is 0 Å². The van der Waals surface area contributed by atoms with Gasteiger partial charge in [-0.25, -0.2) is 0 Å². The predicted molar refractivity (Wildman–Crippen MR) is 125 cm³/mol. The van der Waals surface area contributed by atoms with Gasteiger partial charge in [-0.05, 0) is 12.8 Å². The van der Waals surface area contributed by atoms with Crippen molar-refractivity contribution in [1.29, 1.82) is 0 Å². The zero-order valence-corrected chi connectivity index (χ0v) is 20.0. The summed E-state index contributed by atoms with van der Waals surface area (Å²) < 4.78 is 0. The minimum absolute atomic E-state index is 0.000899. The molecule has 1 saturated heterocycles. The Bertz CT molecular complexity index is 579. The van der Waals surface area contributed by atoms with Gasteiger partial charge in [0.25, 0.3) is 0 Å². The average molecular weight is 453 g/mol. The van der Waals surface area contributed by atoms with Gasteiger partial charge in [0.2, 0.25) is 17.7 Å². The van der Waals surface area contributed by atoms with Gasteiger partial charge in [-0.1, -0.05) is 84.0 Å². The Hall–Kier alpha value is -1.92. The van der Waals surface area contributed by atoms with Crippen molar-refractivity contribution >= 4 is 23.7 Å². The normalized spacial score (nSPS) is 16.0. The molecule has 1 fully saturated rings. The summed E-state index contributed by atoms with van der Waals surface area (Å²) in [5, 5.41) is 11.4. The van der Waals surface area contributed by atoms with Gasteiger partial charge in [0, 0.05) is 38.3 Å². The number of hydrogen-bond acceptors (Lipinski definition) is 4. The van der Waals surface area contributed by atoms with E-state index in [0.29, 0.717) is 19.4 Å². The van der Waals surface area contributed by atoms with Crippen LogP contribution in [0.5, 0.6) is 0 Å². The Kier molecular flexibility index (Phi) is 15.5. The number of carbonyl (C=O) groups excluding carboxylic acids is 3. The number of carboxylic acids is 1. The maximum Gasteiger partial charge on any atom is 0.303 e. The highest BCUT2D eigenvalue weighted by Crippen LogP contribution is 2.18. The summed E-state index contributed by atoms with van der Waals surface area (Å²) in [6.45, 7) is 2.38. The summed E-state index contributed by atoms with van der Waals surface area (Å²) in [4.78, 5) is 47.1. The first-order chi connectivity index (χ1) is 15.4. The fraction of sp³-hybridized carbons (Fsp3) is 0.840. The quantitative estimate of drug-likeness (QED) is 0.203. The lowest BCUT2D eigenvalue weighted by Crippen LogP contribution is -2.38. The summed E-state index contributed by atoms with van der Waals surface area (Å²) in [7, 11) is 0. The standard InChI is InChI=1S/C25H44N2O5/c1-21-20-23(29)27(25(21)32)19-18-26-22(28)16-14-12-10-8-6-4-2-3-5-7-9-11-13-15-17-24(30)31/h21H,2-20H2,1H3,(H,26,28)(H,30,31). The molecular formula is C25H44N2O5. The molecule has 0 aromatic heterocycles. The van der Waals surface area contributed by atoms with Crippen molar-refractivity contribution in [1.82, 2.24) is 10.2 Å². The second kappa shape index (κ2) is 17.6. The van der Waals surface area contributed by atoms with Crippen LogP contribution < -0.4 is 5.32 Å². The SMILES string of the molecule is CC1CC(=O)N(CCNC(=O)CCCCCCCCCCCCCCCCC(=O)O)C1=O. The molecule has 1 heterocycles. The molecule has 2 N–H and O–H groups in total. The highest BCUT2D eigenvalue weighted by molar-refractivity contribution is 6.03. The molecule has 0 spiro atoms. The number of rotatable bonds is 20. The maximum atomic E-state index is 11.9. The zero-order chi connectivity index (χ0) is 23.6. The van der Waals surface area contributed by atoms with Crippen LogP contribution in [0, 0.1) is 5.92 Å². The lowest BCUT2D eigenvalue weighted by molar-refractivity contribution is -0.140. The van der Waals surface area contributed by atoms with Gasteiger partial charge in [-0.2, -0.15) is 0 Å². The van der Waals surface area contributed by atoms with Gasteiger partial charge < -0.3 is 10.4 Å². The number of carboxylic acid groups (broad SMARTS) is 1. The van der Waals surface area contributed by atoms with Gasteiger partial charge in [-0.15, -0.1) is 0 Å². The molecule has 0 aromatic carbocycles. The minimum atomic E-state index is -0.687. The third-order valence-electron chi connectivity index (χ3n) is 6.17.